The topological polar surface area (TPSA) is 60.0 Å². The molecule has 0 bridgehead atoms. The minimum Gasteiger partial charge on any atom is -0.378 e. The fraction of sp³-hybridized carbons (Fsp3) is 0.333. The van der Waals surface area contributed by atoms with Crippen LogP contribution < -0.4 is 4.90 Å². The van der Waals surface area contributed by atoms with E-state index in [2.05, 4.69) is 4.90 Å². The molecular formula is C15H15N3O. The van der Waals surface area contributed by atoms with E-state index in [9.17, 15) is 0 Å². The SMILES string of the molecule is CC(=C(C#N)C#N)c1ccccc1N1CCOCC1. The Hall–Kier alpha value is -2.30. The summed E-state index contributed by atoms with van der Waals surface area (Å²) >= 11 is 0. The third kappa shape index (κ3) is 2.76. The van der Waals surface area contributed by atoms with Gasteiger partial charge in [0.1, 0.15) is 17.7 Å². The zero-order valence-corrected chi connectivity index (χ0v) is 10.9. The second-order valence-corrected chi connectivity index (χ2v) is 4.34. The number of anilines is 1. The summed E-state index contributed by atoms with van der Waals surface area (Å²) in [6.07, 6.45) is 0. The summed E-state index contributed by atoms with van der Waals surface area (Å²) < 4.78 is 5.35. The van der Waals surface area contributed by atoms with Gasteiger partial charge in [0.15, 0.2) is 0 Å². The van der Waals surface area contributed by atoms with E-state index in [1.807, 2.05) is 43.3 Å². The fourth-order valence-corrected chi connectivity index (χ4v) is 2.20. The van der Waals surface area contributed by atoms with E-state index in [4.69, 9.17) is 15.3 Å². The Bertz CT molecular complexity index is 556. The number of rotatable bonds is 2. The average Bonchev–Trinajstić information content (AvgIpc) is 2.49. The molecule has 19 heavy (non-hydrogen) atoms. The number of para-hydroxylation sites is 1. The summed E-state index contributed by atoms with van der Waals surface area (Å²) in [5.41, 5.74) is 2.90. The number of nitrogens with zero attached hydrogens (tertiary/aromatic N) is 3. The van der Waals surface area contributed by atoms with Gasteiger partial charge in [-0.25, -0.2) is 0 Å². The van der Waals surface area contributed by atoms with Crippen molar-refractivity contribution in [3.8, 4) is 12.1 Å². The maximum Gasteiger partial charge on any atom is 0.133 e. The highest BCUT2D eigenvalue weighted by molar-refractivity contribution is 5.81. The van der Waals surface area contributed by atoms with E-state index in [1.165, 1.54) is 0 Å². The first-order chi connectivity index (χ1) is 9.27. The smallest absolute Gasteiger partial charge is 0.133 e. The second-order valence-electron chi connectivity index (χ2n) is 4.34. The Labute approximate surface area is 113 Å². The molecule has 0 aromatic heterocycles. The molecule has 0 amide bonds. The van der Waals surface area contributed by atoms with Gasteiger partial charge in [-0.05, 0) is 18.6 Å². The number of morpholine rings is 1. The Morgan fingerprint density at radius 2 is 1.79 bits per heavy atom. The molecule has 0 unspecified atom stereocenters. The van der Waals surface area contributed by atoms with Crippen molar-refractivity contribution in [2.45, 2.75) is 6.92 Å². The van der Waals surface area contributed by atoms with Crippen molar-refractivity contribution in [2.75, 3.05) is 31.2 Å². The van der Waals surface area contributed by atoms with Gasteiger partial charge in [0.05, 0.1) is 13.2 Å². The van der Waals surface area contributed by atoms with Crippen molar-refractivity contribution in [1.82, 2.24) is 0 Å². The van der Waals surface area contributed by atoms with Gasteiger partial charge in [0.25, 0.3) is 0 Å². The summed E-state index contributed by atoms with van der Waals surface area (Å²) in [5, 5.41) is 18.0. The lowest BCUT2D eigenvalue weighted by Crippen LogP contribution is -2.36. The maximum absolute atomic E-state index is 9.00. The monoisotopic (exact) mass is 253 g/mol. The van der Waals surface area contributed by atoms with Crippen LogP contribution in [0.5, 0.6) is 0 Å². The van der Waals surface area contributed by atoms with Crippen LogP contribution in [-0.2, 0) is 4.74 Å². The van der Waals surface area contributed by atoms with Crippen LogP contribution in [0, 0.1) is 22.7 Å². The number of hydrogen-bond acceptors (Lipinski definition) is 4. The Kier molecular flexibility index (Phi) is 4.18. The molecule has 0 N–H and O–H groups in total. The number of benzene rings is 1. The van der Waals surface area contributed by atoms with Crippen molar-refractivity contribution in [3.05, 3.63) is 35.4 Å². The van der Waals surface area contributed by atoms with Gasteiger partial charge < -0.3 is 9.64 Å². The molecule has 1 aromatic carbocycles. The van der Waals surface area contributed by atoms with Gasteiger partial charge in [0.2, 0.25) is 0 Å². The summed E-state index contributed by atoms with van der Waals surface area (Å²) in [6, 6.07) is 11.8. The lowest BCUT2D eigenvalue weighted by atomic mass is 10.00. The summed E-state index contributed by atoms with van der Waals surface area (Å²) in [4.78, 5) is 2.23. The van der Waals surface area contributed by atoms with E-state index in [0.29, 0.717) is 13.2 Å². The molecule has 2 rings (SSSR count). The molecule has 96 valence electrons. The number of nitriles is 2. The third-order valence-electron chi connectivity index (χ3n) is 3.26. The first-order valence-electron chi connectivity index (χ1n) is 6.21. The highest BCUT2D eigenvalue weighted by Gasteiger charge is 2.16. The van der Waals surface area contributed by atoms with Crippen LogP contribution in [0.3, 0.4) is 0 Å². The second kappa shape index (κ2) is 6.04. The van der Waals surface area contributed by atoms with Crippen LogP contribution >= 0.6 is 0 Å². The van der Waals surface area contributed by atoms with Gasteiger partial charge in [-0.2, -0.15) is 10.5 Å². The van der Waals surface area contributed by atoms with Crippen LogP contribution in [-0.4, -0.2) is 26.3 Å². The molecule has 1 heterocycles. The summed E-state index contributed by atoms with van der Waals surface area (Å²) in [5.74, 6) is 0. The molecule has 0 saturated carbocycles. The Morgan fingerprint density at radius 1 is 1.16 bits per heavy atom. The molecule has 1 aliphatic rings. The lowest BCUT2D eigenvalue weighted by Gasteiger charge is -2.30. The van der Waals surface area contributed by atoms with Gasteiger partial charge in [-0.3, -0.25) is 0 Å². The maximum atomic E-state index is 9.00. The Balaban J connectivity index is 2.45. The molecule has 0 spiro atoms. The number of allylic oxidation sites excluding steroid dienone is 2. The minimum atomic E-state index is 0.167. The molecular weight excluding hydrogens is 238 g/mol. The van der Waals surface area contributed by atoms with Crippen molar-refractivity contribution >= 4 is 11.3 Å². The summed E-state index contributed by atoms with van der Waals surface area (Å²) in [7, 11) is 0. The van der Waals surface area contributed by atoms with E-state index in [0.717, 1.165) is 29.9 Å². The van der Waals surface area contributed by atoms with E-state index >= 15 is 0 Å². The number of ether oxygens (including phenoxy) is 1. The van der Waals surface area contributed by atoms with Crippen LogP contribution in [0.15, 0.2) is 29.8 Å². The largest absolute Gasteiger partial charge is 0.378 e. The van der Waals surface area contributed by atoms with Crippen molar-refractivity contribution in [1.29, 1.82) is 10.5 Å². The first kappa shape index (κ1) is 13.1. The molecule has 4 heteroatoms. The quantitative estimate of drug-likeness (QED) is 0.759. The van der Waals surface area contributed by atoms with E-state index in [1.54, 1.807) is 0 Å². The van der Waals surface area contributed by atoms with Crippen LogP contribution in [0.1, 0.15) is 12.5 Å². The van der Waals surface area contributed by atoms with Gasteiger partial charge in [0, 0.05) is 24.3 Å². The minimum absolute atomic E-state index is 0.167. The van der Waals surface area contributed by atoms with E-state index in [-0.39, 0.29) is 5.57 Å². The highest BCUT2D eigenvalue weighted by atomic mass is 16.5. The molecule has 1 aliphatic heterocycles. The molecule has 0 radical (unpaired) electrons. The average molecular weight is 253 g/mol. The zero-order chi connectivity index (χ0) is 13.7. The predicted molar refractivity (Wildman–Crippen MR) is 73.3 cm³/mol. The van der Waals surface area contributed by atoms with Crippen LogP contribution in [0.25, 0.3) is 5.57 Å². The highest BCUT2D eigenvalue weighted by Crippen LogP contribution is 2.29. The van der Waals surface area contributed by atoms with Gasteiger partial charge in [-0.1, -0.05) is 18.2 Å². The normalized spacial score (nSPS) is 14.4. The molecule has 1 aromatic rings. The van der Waals surface area contributed by atoms with Crippen molar-refractivity contribution in [2.24, 2.45) is 0 Å². The Morgan fingerprint density at radius 3 is 2.42 bits per heavy atom. The van der Waals surface area contributed by atoms with Gasteiger partial charge in [-0.15, -0.1) is 0 Å². The zero-order valence-electron chi connectivity index (χ0n) is 10.9. The molecule has 0 atom stereocenters. The van der Waals surface area contributed by atoms with Crippen molar-refractivity contribution < 1.29 is 4.74 Å². The lowest BCUT2D eigenvalue weighted by molar-refractivity contribution is 0.122. The van der Waals surface area contributed by atoms with Crippen LogP contribution in [0.2, 0.25) is 0 Å². The molecule has 1 fully saturated rings. The third-order valence-corrected chi connectivity index (χ3v) is 3.26. The van der Waals surface area contributed by atoms with Crippen molar-refractivity contribution in [3.63, 3.8) is 0 Å². The number of hydrogen-bond donors (Lipinski definition) is 0. The molecule has 1 saturated heterocycles. The fourth-order valence-electron chi connectivity index (χ4n) is 2.20. The predicted octanol–water partition coefficient (Wildman–Crippen LogP) is 2.34. The van der Waals surface area contributed by atoms with Crippen LogP contribution in [0.4, 0.5) is 5.69 Å². The standard InChI is InChI=1S/C15H15N3O/c1-12(13(10-16)11-17)14-4-2-3-5-15(14)18-6-8-19-9-7-18/h2-5H,6-9H2,1H3. The van der Waals surface area contributed by atoms with E-state index < -0.39 is 0 Å². The first-order valence-corrected chi connectivity index (χ1v) is 6.21. The molecule has 0 aliphatic carbocycles. The summed E-state index contributed by atoms with van der Waals surface area (Å²) in [6.45, 7) is 4.90. The molecule has 4 nitrogen and oxygen atoms in total. The van der Waals surface area contributed by atoms with Gasteiger partial charge >= 0.3 is 0 Å².